The van der Waals surface area contributed by atoms with Crippen LogP contribution in [0.4, 0.5) is 8.78 Å². The molecular weight excluding hydrogens is 412 g/mol. The molecule has 0 amide bonds. The van der Waals surface area contributed by atoms with Crippen molar-refractivity contribution in [2.75, 3.05) is 26.3 Å². The second kappa shape index (κ2) is 8.41. The third-order valence-electron chi connectivity index (χ3n) is 5.24. The van der Waals surface area contributed by atoms with Crippen LogP contribution in [0.2, 0.25) is 0 Å². The van der Waals surface area contributed by atoms with Gasteiger partial charge in [-0.2, -0.15) is 4.31 Å². The molecule has 0 aliphatic carbocycles. The molecule has 1 aliphatic heterocycles. The Morgan fingerprint density at radius 2 is 1.83 bits per heavy atom. The van der Waals surface area contributed by atoms with Gasteiger partial charge in [0.1, 0.15) is 5.82 Å². The molecule has 1 aromatic heterocycles. The molecular formula is C21H23F2N3O3S. The van der Waals surface area contributed by atoms with Crippen LogP contribution in [0.15, 0.2) is 41.3 Å². The fraction of sp³-hybridized carbons (Fsp3) is 0.381. The lowest BCUT2D eigenvalue weighted by atomic mass is 10.2. The Balaban J connectivity index is 1.81. The van der Waals surface area contributed by atoms with E-state index in [0.29, 0.717) is 49.8 Å². The Labute approximate surface area is 174 Å². The molecule has 1 fully saturated rings. The van der Waals surface area contributed by atoms with E-state index < -0.39 is 21.7 Å². The number of imidazole rings is 1. The van der Waals surface area contributed by atoms with Gasteiger partial charge < -0.3 is 9.30 Å². The normalized spacial score (nSPS) is 15.7. The summed E-state index contributed by atoms with van der Waals surface area (Å²) in [6, 6.07) is 8.52. The van der Waals surface area contributed by atoms with E-state index in [9.17, 15) is 17.2 Å². The first-order chi connectivity index (χ1) is 14.4. The van der Waals surface area contributed by atoms with Crippen molar-refractivity contribution in [1.29, 1.82) is 0 Å². The van der Waals surface area contributed by atoms with Gasteiger partial charge in [0.25, 0.3) is 0 Å². The fourth-order valence-electron chi connectivity index (χ4n) is 3.60. The van der Waals surface area contributed by atoms with E-state index in [2.05, 4.69) is 11.9 Å². The van der Waals surface area contributed by atoms with Crippen molar-refractivity contribution in [2.45, 2.75) is 31.2 Å². The maximum absolute atomic E-state index is 13.8. The molecule has 2 heterocycles. The summed E-state index contributed by atoms with van der Waals surface area (Å²) in [7, 11) is -3.66. The smallest absolute Gasteiger partial charge is 0.243 e. The maximum Gasteiger partial charge on any atom is 0.243 e. The van der Waals surface area contributed by atoms with Crippen LogP contribution in [0.1, 0.15) is 19.8 Å². The van der Waals surface area contributed by atoms with Crippen LogP contribution in [0, 0.1) is 11.6 Å². The number of nitrogens with zero attached hydrogens (tertiary/aromatic N) is 3. The van der Waals surface area contributed by atoms with Gasteiger partial charge in [-0.15, -0.1) is 0 Å². The van der Waals surface area contributed by atoms with Gasteiger partial charge in [-0.1, -0.05) is 13.3 Å². The lowest BCUT2D eigenvalue weighted by Crippen LogP contribution is -2.40. The zero-order valence-corrected chi connectivity index (χ0v) is 17.5. The predicted molar refractivity (Wildman–Crippen MR) is 110 cm³/mol. The molecule has 0 atom stereocenters. The van der Waals surface area contributed by atoms with Crippen LogP contribution in [0.5, 0.6) is 0 Å². The summed E-state index contributed by atoms with van der Waals surface area (Å²) in [6.45, 7) is 4.05. The molecule has 0 radical (unpaired) electrons. The zero-order chi connectivity index (χ0) is 21.3. The number of benzene rings is 2. The van der Waals surface area contributed by atoms with Gasteiger partial charge in [-0.25, -0.2) is 22.2 Å². The van der Waals surface area contributed by atoms with Gasteiger partial charge in [0, 0.05) is 25.2 Å². The molecule has 0 unspecified atom stereocenters. The number of aryl methyl sites for hydroxylation is 1. The molecule has 0 spiro atoms. The van der Waals surface area contributed by atoms with E-state index in [1.54, 1.807) is 18.2 Å². The molecule has 160 valence electrons. The van der Waals surface area contributed by atoms with Crippen LogP contribution in [-0.2, 0) is 21.3 Å². The molecule has 3 aromatic rings. The third-order valence-corrected chi connectivity index (χ3v) is 7.14. The highest BCUT2D eigenvalue weighted by Gasteiger charge is 2.27. The van der Waals surface area contributed by atoms with Crippen molar-refractivity contribution in [3.8, 4) is 11.4 Å². The SMILES string of the molecule is CCCCn1c(-c2ccc(F)c(F)c2)nc2cc(S(=O)(=O)N3CCOCC3)ccc21. The van der Waals surface area contributed by atoms with E-state index in [4.69, 9.17) is 4.74 Å². The van der Waals surface area contributed by atoms with Crippen molar-refractivity contribution in [3.05, 3.63) is 48.0 Å². The van der Waals surface area contributed by atoms with Crippen molar-refractivity contribution < 1.29 is 21.9 Å². The van der Waals surface area contributed by atoms with Crippen molar-refractivity contribution in [3.63, 3.8) is 0 Å². The van der Waals surface area contributed by atoms with Gasteiger partial charge in [-0.3, -0.25) is 0 Å². The van der Waals surface area contributed by atoms with Crippen molar-refractivity contribution in [1.82, 2.24) is 13.9 Å². The number of ether oxygens (including phenoxy) is 1. The van der Waals surface area contributed by atoms with Crippen LogP contribution < -0.4 is 0 Å². The fourth-order valence-corrected chi connectivity index (χ4v) is 5.03. The van der Waals surface area contributed by atoms with E-state index in [1.165, 1.54) is 10.4 Å². The number of halogens is 2. The van der Waals surface area contributed by atoms with Crippen molar-refractivity contribution >= 4 is 21.1 Å². The van der Waals surface area contributed by atoms with Gasteiger partial charge >= 0.3 is 0 Å². The standard InChI is InChI=1S/C21H23F2N3O3S/c1-2-3-8-26-20-7-5-16(30(27,28)25-9-11-29-12-10-25)14-19(20)24-21(26)15-4-6-17(22)18(23)13-15/h4-7,13-14H,2-3,8-12H2,1H3. The summed E-state index contributed by atoms with van der Waals surface area (Å²) < 4.78 is 61.8. The van der Waals surface area contributed by atoms with E-state index in [-0.39, 0.29) is 4.90 Å². The molecule has 1 aliphatic rings. The molecule has 0 saturated carbocycles. The summed E-state index contributed by atoms with van der Waals surface area (Å²) in [5, 5.41) is 0. The number of hydrogen-bond acceptors (Lipinski definition) is 4. The quantitative estimate of drug-likeness (QED) is 0.591. The molecule has 1 saturated heterocycles. The minimum atomic E-state index is -3.66. The molecule has 2 aromatic carbocycles. The van der Waals surface area contributed by atoms with Crippen LogP contribution in [0.25, 0.3) is 22.4 Å². The van der Waals surface area contributed by atoms with Gasteiger partial charge in [0.05, 0.1) is 29.1 Å². The highest BCUT2D eigenvalue weighted by atomic mass is 32.2. The Kier molecular flexibility index (Phi) is 5.86. The number of aromatic nitrogens is 2. The Morgan fingerprint density at radius 3 is 2.53 bits per heavy atom. The number of fused-ring (bicyclic) bond motifs is 1. The molecule has 30 heavy (non-hydrogen) atoms. The summed E-state index contributed by atoms with van der Waals surface area (Å²) >= 11 is 0. The zero-order valence-electron chi connectivity index (χ0n) is 16.6. The number of morpholine rings is 1. The van der Waals surface area contributed by atoms with Gasteiger partial charge in [0.2, 0.25) is 10.0 Å². The molecule has 6 nitrogen and oxygen atoms in total. The minimum Gasteiger partial charge on any atom is -0.379 e. The third kappa shape index (κ3) is 3.84. The summed E-state index contributed by atoms with van der Waals surface area (Å²) in [6.07, 6.45) is 1.82. The van der Waals surface area contributed by atoms with Gasteiger partial charge in [-0.05, 0) is 42.8 Å². The maximum atomic E-state index is 13.8. The number of rotatable bonds is 6. The Morgan fingerprint density at radius 1 is 1.07 bits per heavy atom. The molecule has 4 rings (SSSR count). The number of hydrogen-bond donors (Lipinski definition) is 0. The predicted octanol–water partition coefficient (Wildman–Crippen LogP) is 3.80. The largest absolute Gasteiger partial charge is 0.379 e. The Bertz CT molecular complexity index is 1170. The van der Waals surface area contributed by atoms with Crippen LogP contribution in [0.3, 0.4) is 0 Å². The highest BCUT2D eigenvalue weighted by Crippen LogP contribution is 2.29. The van der Waals surface area contributed by atoms with E-state index >= 15 is 0 Å². The molecule has 0 N–H and O–H groups in total. The average molecular weight is 435 g/mol. The topological polar surface area (TPSA) is 64.4 Å². The van der Waals surface area contributed by atoms with Crippen molar-refractivity contribution in [2.24, 2.45) is 0 Å². The lowest BCUT2D eigenvalue weighted by molar-refractivity contribution is 0.0730. The average Bonchev–Trinajstić information content (AvgIpc) is 3.12. The second-order valence-electron chi connectivity index (χ2n) is 7.24. The summed E-state index contributed by atoms with van der Waals surface area (Å²) in [5.41, 5.74) is 1.70. The number of sulfonamides is 1. The highest BCUT2D eigenvalue weighted by molar-refractivity contribution is 7.89. The van der Waals surface area contributed by atoms with E-state index in [0.717, 1.165) is 30.5 Å². The monoisotopic (exact) mass is 435 g/mol. The van der Waals surface area contributed by atoms with Crippen LogP contribution in [-0.4, -0.2) is 48.6 Å². The first kappa shape index (κ1) is 20.9. The van der Waals surface area contributed by atoms with Gasteiger partial charge in [0.15, 0.2) is 11.6 Å². The molecule has 0 bridgehead atoms. The first-order valence-corrected chi connectivity index (χ1v) is 11.4. The van der Waals surface area contributed by atoms with E-state index in [1.807, 2.05) is 4.57 Å². The first-order valence-electron chi connectivity index (χ1n) is 9.95. The second-order valence-corrected chi connectivity index (χ2v) is 9.17. The summed E-state index contributed by atoms with van der Waals surface area (Å²) in [4.78, 5) is 4.75. The van der Waals surface area contributed by atoms with Crippen LogP contribution >= 0.6 is 0 Å². The molecule has 9 heteroatoms. The lowest BCUT2D eigenvalue weighted by Gasteiger charge is -2.26. The summed E-state index contributed by atoms with van der Waals surface area (Å²) in [5.74, 6) is -1.38. The number of unbranched alkanes of at least 4 members (excludes halogenated alkanes) is 1. The minimum absolute atomic E-state index is 0.161. The Hall–Kier alpha value is -2.36.